The third kappa shape index (κ3) is 2.24. The maximum absolute atomic E-state index is 9.49. The van der Waals surface area contributed by atoms with Crippen LogP contribution in [0.15, 0.2) is 36.2 Å². The van der Waals surface area contributed by atoms with Crippen molar-refractivity contribution in [1.29, 1.82) is 0 Å². The standard InChI is InChI=1S/C10H15NO/c1-3-11-9-5-4-6-10(12)8(2)7-9/h3,5,7,10-12H,1,4,6H2,2H3. The number of allylic oxidation sites excluding steroid dienone is 2. The summed E-state index contributed by atoms with van der Waals surface area (Å²) in [6.07, 6.45) is 7.11. The van der Waals surface area contributed by atoms with Gasteiger partial charge in [0.1, 0.15) is 0 Å². The van der Waals surface area contributed by atoms with E-state index in [-0.39, 0.29) is 6.10 Å². The number of rotatable bonds is 2. The van der Waals surface area contributed by atoms with Crippen LogP contribution in [0.4, 0.5) is 0 Å². The molecule has 0 saturated heterocycles. The number of aliphatic hydroxyl groups is 1. The first-order valence-electron chi connectivity index (χ1n) is 4.18. The van der Waals surface area contributed by atoms with Crippen LogP contribution in [0.5, 0.6) is 0 Å². The lowest BCUT2D eigenvalue weighted by Gasteiger charge is -2.06. The first-order valence-corrected chi connectivity index (χ1v) is 4.18. The summed E-state index contributed by atoms with van der Waals surface area (Å²) in [7, 11) is 0. The molecule has 12 heavy (non-hydrogen) atoms. The van der Waals surface area contributed by atoms with Crippen LogP contribution in [0.25, 0.3) is 0 Å². The molecule has 0 aliphatic heterocycles. The van der Waals surface area contributed by atoms with E-state index < -0.39 is 0 Å². The molecule has 1 aliphatic carbocycles. The second-order valence-corrected chi connectivity index (χ2v) is 2.99. The summed E-state index contributed by atoms with van der Waals surface area (Å²) in [5.41, 5.74) is 2.03. The Labute approximate surface area is 73.3 Å². The van der Waals surface area contributed by atoms with Gasteiger partial charge in [0.05, 0.1) is 6.10 Å². The lowest BCUT2D eigenvalue weighted by Crippen LogP contribution is -2.06. The number of hydrogen-bond acceptors (Lipinski definition) is 2. The van der Waals surface area contributed by atoms with E-state index in [1.54, 1.807) is 6.20 Å². The predicted molar refractivity (Wildman–Crippen MR) is 50.4 cm³/mol. The molecule has 1 atom stereocenters. The van der Waals surface area contributed by atoms with E-state index in [0.29, 0.717) is 0 Å². The SMILES string of the molecule is C=CNC1=CCCC(O)C(C)=C1. The van der Waals surface area contributed by atoms with Crippen molar-refractivity contribution in [2.45, 2.75) is 25.9 Å². The average molecular weight is 165 g/mol. The fourth-order valence-electron chi connectivity index (χ4n) is 1.24. The number of hydrogen-bond donors (Lipinski definition) is 2. The van der Waals surface area contributed by atoms with Gasteiger partial charge in [0.15, 0.2) is 0 Å². The van der Waals surface area contributed by atoms with Crippen LogP contribution in [0.2, 0.25) is 0 Å². The summed E-state index contributed by atoms with van der Waals surface area (Å²) in [6, 6.07) is 0. The molecule has 0 saturated carbocycles. The maximum atomic E-state index is 9.49. The van der Waals surface area contributed by atoms with E-state index in [1.807, 2.05) is 13.0 Å². The first kappa shape index (κ1) is 9.07. The molecule has 2 heteroatoms. The Morgan fingerprint density at radius 3 is 3.17 bits per heavy atom. The quantitative estimate of drug-likeness (QED) is 0.652. The zero-order valence-corrected chi connectivity index (χ0v) is 7.38. The van der Waals surface area contributed by atoms with Gasteiger partial charge in [0.2, 0.25) is 0 Å². The molecule has 0 radical (unpaired) electrons. The molecule has 0 amide bonds. The monoisotopic (exact) mass is 165 g/mol. The van der Waals surface area contributed by atoms with Crippen LogP contribution in [0.3, 0.4) is 0 Å². The van der Waals surface area contributed by atoms with Crippen molar-refractivity contribution in [3.8, 4) is 0 Å². The van der Waals surface area contributed by atoms with E-state index in [2.05, 4.69) is 18.0 Å². The highest BCUT2D eigenvalue weighted by molar-refractivity contribution is 5.26. The summed E-state index contributed by atoms with van der Waals surface area (Å²) >= 11 is 0. The Balaban J connectivity index is 2.73. The highest BCUT2D eigenvalue weighted by atomic mass is 16.3. The third-order valence-electron chi connectivity index (χ3n) is 1.98. The minimum absolute atomic E-state index is 0.287. The van der Waals surface area contributed by atoms with Gasteiger partial charge in [-0.25, -0.2) is 0 Å². The number of aliphatic hydroxyl groups excluding tert-OH is 1. The molecule has 1 rings (SSSR count). The molecule has 0 aromatic heterocycles. The molecule has 66 valence electrons. The van der Waals surface area contributed by atoms with Gasteiger partial charge in [-0.15, -0.1) is 0 Å². The van der Waals surface area contributed by atoms with Gasteiger partial charge in [0.25, 0.3) is 0 Å². The van der Waals surface area contributed by atoms with Crippen molar-refractivity contribution in [3.05, 3.63) is 36.2 Å². The van der Waals surface area contributed by atoms with E-state index in [0.717, 1.165) is 24.1 Å². The summed E-state index contributed by atoms with van der Waals surface area (Å²) in [6.45, 7) is 5.52. The van der Waals surface area contributed by atoms with E-state index in [9.17, 15) is 5.11 Å². The molecule has 0 bridgehead atoms. The summed E-state index contributed by atoms with van der Waals surface area (Å²) in [5, 5.41) is 12.5. The second kappa shape index (κ2) is 4.12. The maximum Gasteiger partial charge on any atom is 0.0754 e. The van der Waals surface area contributed by atoms with Crippen molar-refractivity contribution in [2.75, 3.05) is 0 Å². The van der Waals surface area contributed by atoms with Gasteiger partial charge >= 0.3 is 0 Å². The summed E-state index contributed by atoms with van der Waals surface area (Å²) in [5.74, 6) is 0. The van der Waals surface area contributed by atoms with Crippen molar-refractivity contribution in [3.63, 3.8) is 0 Å². The topological polar surface area (TPSA) is 32.3 Å². The molecule has 1 aliphatic rings. The van der Waals surface area contributed by atoms with Crippen LogP contribution in [-0.4, -0.2) is 11.2 Å². The number of nitrogens with one attached hydrogen (secondary N) is 1. The van der Waals surface area contributed by atoms with Crippen LogP contribution in [0.1, 0.15) is 19.8 Å². The van der Waals surface area contributed by atoms with Crippen LogP contribution in [-0.2, 0) is 0 Å². The highest BCUT2D eigenvalue weighted by Gasteiger charge is 2.08. The van der Waals surface area contributed by atoms with Crippen LogP contribution < -0.4 is 5.32 Å². The lowest BCUT2D eigenvalue weighted by molar-refractivity contribution is 0.202. The van der Waals surface area contributed by atoms with Gasteiger partial charge < -0.3 is 10.4 Å². The molecule has 0 heterocycles. The van der Waals surface area contributed by atoms with E-state index in [1.165, 1.54) is 0 Å². The lowest BCUT2D eigenvalue weighted by atomic mass is 10.1. The minimum Gasteiger partial charge on any atom is -0.389 e. The molecular weight excluding hydrogens is 150 g/mol. The molecule has 0 spiro atoms. The molecule has 0 aromatic carbocycles. The summed E-state index contributed by atoms with van der Waals surface area (Å²) in [4.78, 5) is 0. The highest BCUT2D eigenvalue weighted by Crippen LogP contribution is 2.15. The van der Waals surface area contributed by atoms with Gasteiger partial charge in [-0.3, -0.25) is 0 Å². The molecular formula is C10H15NO. The average Bonchev–Trinajstić information content (AvgIpc) is 2.16. The molecule has 2 nitrogen and oxygen atoms in total. The smallest absolute Gasteiger partial charge is 0.0754 e. The third-order valence-corrected chi connectivity index (χ3v) is 1.98. The first-order chi connectivity index (χ1) is 5.74. The molecule has 1 unspecified atom stereocenters. The van der Waals surface area contributed by atoms with Gasteiger partial charge in [0, 0.05) is 5.70 Å². The second-order valence-electron chi connectivity index (χ2n) is 2.99. The molecule has 2 N–H and O–H groups in total. The van der Waals surface area contributed by atoms with E-state index >= 15 is 0 Å². The minimum atomic E-state index is -0.287. The Morgan fingerprint density at radius 2 is 2.50 bits per heavy atom. The Bertz CT molecular complexity index is 228. The zero-order chi connectivity index (χ0) is 8.97. The fourth-order valence-corrected chi connectivity index (χ4v) is 1.24. The van der Waals surface area contributed by atoms with Crippen molar-refractivity contribution < 1.29 is 5.11 Å². The van der Waals surface area contributed by atoms with Gasteiger partial charge in [-0.1, -0.05) is 12.7 Å². The zero-order valence-electron chi connectivity index (χ0n) is 7.38. The van der Waals surface area contributed by atoms with Crippen molar-refractivity contribution in [1.82, 2.24) is 5.32 Å². The summed E-state index contributed by atoms with van der Waals surface area (Å²) < 4.78 is 0. The Hall–Kier alpha value is -1.02. The van der Waals surface area contributed by atoms with Crippen molar-refractivity contribution in [2.24, 2.45) is 0 Å². The largest absolute Gasteiger partial charge is 0.389 e. The Morgan fingerprint density at radius 1 is 1.75 bits per heavy atom. The van der Waals surface area contributed by atoms with Crippen LogP contribution in [0, 0.1) is 0 Å². The molecule has 0 aromatic rings. The van der Waals surface area contributed by atoms with E-state index in [4.69, 9.17) is 0 Å². The van der Waals surface area contributed by atoms with Crippen molar-refractivity contribution >= 4 is 0 Å². The fraction of sp³-hybridized carbons (Fsp3) is 0.400. The normalized spacial score (nSPS) is 23.7. The van der Waals surface area contributed by atoms with Crippen LogP contribution >= 0.6 is 0 Å². The Kier molecular flexibility index (Phi) is 3.11. The van der Waals surface area contributed by atoms with Gasteiger partial charge in [-0.05, 0) is 37.6 Å². The molecule has 0 fully saturated rings. The van der Waals surface area contributed by atoms with Gasteiger partial charge in [-0.2, -0.15) is 0 Å². The predicted octanol–water partition coefficient (Wildman–Crippen LogP) is 1.70.